The predicted molar refractivity (Wildman–Crippen MR) is 85.2 cm³/mol. The molecule has 6 heteroatoms. The van der Waals surface area contributed by atoms with Crippen molar-refractivity contribution in [3.05, 3.63) is 29.5 Å². The molecule has 1 aliphatic rings. The van der Waals surface area contributed by atoms with Crippen LogP contribution in [0.4, 0.5) is 0 Å². The van der Waals surface area contributed by atoms with E-state index in [-0.39, 0.29) is 0 Å². The molecule has 5 nitrogen and oxygen atoms in total. The Morgan fingerprint density at radius 3 is 3.05 bits per heavy atom. The van der Waals surface area contributed by atoms with E-state index in [1.54, 1.807) is 17.6 Å². The molecular weight excluding hydrogens is 284 g/mol. The second-order valence-corrected chi connectivity index (χ2v) is 6.16. The van der Waals surface area contributed by atoms with Crippen molar-refractivity contribution in [2.75, 3.05) is 0 Å². The molecule has 0 saturated heterocycles. The van der Waals surface area contributed by atoms with Gasteiger partial charge in [-0.15, -0.1) is 11.3 Å². The van der Waals surface area contributed by atoms with Gasteiger partial charge in [-0.3, -0.25) is 0 Å². The Hall–Kier alpha value is -1.82. The Balaban J connectivity index is 1.55. The molecule has 2 heterocycles. The third-order valence-corrected chi connectivity index (χ3v) is 4.56. The molecule has 0 spiro atoms. The number of hydrogen-bond acceptors (Lipinski definition) is 4. The van der Waals surface area contributed by atoms with Crippen LogP contribution in [0.3, 0.4) is 0 Å². The molecule has 0 radical (unpaired) electrons. The maximum absolute atomic E-state index is 5.95. The van der Waals surface area contributed by atoms with Crippen molar-refractivity contribution in [1.29, 1.82) is 0 Å². The SMILES string of the molecule is NC(=NCc1csc(-c2ccco2)n1)NC1CCCCC1. The maximum atomic E-state index is 5.95. The zero-order chi connectivity index (χ0) is 14.5. The molecule has 2 aromatic rings. The molecule has 1 aliphatic carbocycles. The summed E-state index contributed by atoms with van der Waals surface area (Å²) in [5, 5.41) is 6.18. The van der Waals surface area contributed by atoms with E-state index in [0.29, 0.717) is 18.5 Å². The zero-order valence-corrected chi connectivity index (χ0v) is 12.7. The van der Waals surface area contributed by atoms with Crippen LogP contribution in [0.15, 0.2) is 33.2 Å². The van der Waals surface area contributed by atoms with Crippen LogP contribution in [-0.2, 0) is 6.54 Å². The molecule has 0 aromatic carbocycles. The second kappa shape index (κ2) is 6.76. The highest BCUT2D eigenvalue weighted by atomic mass is 32.1. The van der Waals surface area contributed by atoms with Gasteiger partial charge in [-0.1, -0.05) is 19.3 Å². The molecule has 2 aromatic heterocycles. The fourth-order valence-corrected chi connectivity index (χ4v) is 3.34. The number of nitrogens with two attached hydrogens (primary N) is 1. The zero-order valence-electron chi connectivity index (χ0n) is 11.9. The topological polar surface area (TPSA) is 76.4 Å². The quantitative estimate of drug-likeness (QED) is 0.672. The Morgan fingerprint density at radius 1 is 1.43 bits per heavy atom. The molecule has 3 N–H and O–H groups in total. The van der Waals surface area contributed by atoms with Crippen LogP contribution in [0, 0.1) is 0 Å². The van der Waals surface area contributed by atoms with Crippen LogP contribution < -0.4 is 11.1 Å². The highest BCUT2D eigenvalue weighted by Crippen LogP contribution is 2.24. The number of rotatable bonds is 4. The third-order valence-electron chi connectivity index (χ3n) is 3.65. The highest BCUT2D eigenvalue weighted by Gasteiger charge is 2.13. The lowest BCUT2D eigenvalue weighted by molar-refractivity contribution is 0.412. The summed E-state index contributed by atoms with van der Waals surface area (Å²) >= 11 is 1.56. The molecule has 3 rings (SSSR count). The minimum absolute atomic E-state index is 0.483. The molecule has 21 heavy (non-hydrogen) atoms. The van der Waals surface area contributed by atoms with E-state index >= 15 is 0 Å². The number of thiazole rings is 1. The van der Waals surface area contributed by atoms with Gasteiger partial charge in [-0.2, -0.15) is 0 Å². The van der Waals surface area contributed by atoms with Gasteiger partial charge in [0.1, 0.15) is 0 Å². The van der Waals surface area contributed by atoms with Crippen LogP contribution >= 0.6 is 11.3 Å². The Labute approximate surface area is 128 Å². The van der Waals surface area contributed by atoms with E-state index in [2.05, 4.69) is 15.3 Å². The average molecular weight is 304 g/mol. The number of nitrogens with one attached hydrogen (secondary N) is 1. The first-order chi connectivity index (χ1) is 10.3. The van der Waals surface area contributed by atoms with E-state index in [1.807, 2.05) is 17.5 Å². The number of nitrogens with zero attached hydrogens (tertiary/aromatic N) is 2. The van der Waals surface area contributed by atoms with E-state index in [4.69, 9.17) is 10.2 Å². The van der Waals surface area contributed by atoms with Crippen molar-refractivity contribution in [2.24, 2.45) is 10.7 Å². The van der Waals surface area contributed by atoms with Gasteiger partial charge in [0.2, 0.25) is 0 Å². The van der Waals surface area contributed by atoms with Crippen LogP contribution in [0.25, 0.3) is 10.8 Å². The van der Waals surface area contributed by atoms with Gasteiger partial charge in [-0.05, 0) is 25.0 Å². The van der Waals surface area contributed by atoms with E-state index in [9.17, 15) is 0 Å². The maximum Gasteiger partial charge on any atom is 0.189 e. The number of hydrogen-bond donors (Lipinski definition) is 2. The normalized spacial score (nSPS) is 17.0. The lowest BCUT2D eigenvalue weighted by Crippen LogP contribution is -2.41. The first kappa shape index (κ1) is 14.1. The van der Waals surface area contributed by atoms with E-state index in [0.717, 1.165) is 16.5 Å². The molecule has 0 bridgehead atoms. The molecule has 1 saturated carbocycles. The molecule has 112 valence electrons. The largest absolute Gasteiger partial charge is 0.462 e. The third kappa shape index (κ3) is 3.85. The van der Waals surface area contributed by atoms with Crippen molar-refractivity contribution in [1.82, 2.24) is 10.3 Å². The Morgan fingerprint density at radius 2 is 2.29 bits per heavy atom. The summed E-state index contributed by atoms with van der Waals surface area (Å²) in [4.78, 5) is 8.89. The van der Waals surface area contributed by atoms with Gasteiger partial charge in [0.25, 0.3) is 0 Å². The second-order valence-electron chi connectivity index (χ2n) is 5.30. The lowest BCUT2D eigenvalue weighted by Gasteiger charge is -2.23. The van der Waals surface area contributed by atoms with Crippen LogP contribution in [-0.4, -0.2) is 17.0 Å². The summed E-state index contributed by atoms with van der Waals surface area (Å²) in [6.45, 7) is 0.503. The van der Waals surface area contributed by atoms with Crippen molar-refractivity contribution in [3.63, 3.8) is 0 Å². The van der Waals surface area contributed by atoms with Crippen molar-refractivity contribution >= 4 is 17.3 Å². The minimum atomic E-state index is 0.483. The summed E-state index contributed by atoms with van der Waals surface area (Å²) in [6.07, 6.45) is 7.93. The van der Waals surface area contributed by atoms with Crippen LogP contribution in [0.2, 0.25) is 0 Å². The lowest BCUT2D eigenvalue weighted by atomic mass is 9.96. The number of guanidine groups is 1. The van der Waals surface area contributed by atoms with Crippen LogP contribution in [0.1, 0.15) is 37.8 Å². The molecule has 0 unspecified atom stereocenters. The van der Waals surface area contributed by atoms with Gasteiger partial charge in [0.15, 0.2) is 16.7 Å². The first-order valence-corrected chi connectivity index (χ1v) is 8.24. The number of aromatic nitrogens is 1. The van der Waals surface area contributed by atoms with Crippen molar-refractivity contribution in [2.45, 2.75) is 44.7 Å². The Bertz CT molecular complexity index is 585. The van der Waals surface area contributed by atoms with E-state index in [1.165, 1.54) is 32.1 Å². The molecule has 0 amide bonds. The van der Waals surface area contributed by atoms with Crippen LogP contribution in [0.5, 0.6) is 0 Å². The fourth-order valence-electron chi connectivity index (χ4n) is 2.56. The molecule has 1 fully saturated rings. The van der Waals surface area contributed by atoms with Crippen molar-refractivity contribution in [3.8, 4) is 10.8 Å². The van der Waals surface area contributed by atoms with Gasteiger partial charge < -0.3 is 15.5 Å². The smallest absolute Gasteiger partial charge is 0.189 e. The number of aliphatic imine (C=N–C) groups is 1. The summed E-state index contributed by atoms with van der Waals surface area (Å²) in [6, 6.07) is 4.25. The monoisotopic (exact) mass is 304 g/mol. The average Bonchev–Trinajstić information content (AvgIpc) is 3.17. The standard InChI is InChI=1S/C15H20N4OS/c16-15(19-11-5-2-1-3-6-11)17-9-12-10-21-14(18-12)13-7-4-8-20-13/h4,7-8,10-11H,1-3,5-6,9H2,(H3,16,17,19). The van der Waals surface area contributed by atoms with Gasteiger partial charge in [0, 0.05) is 11.4 Å². The van der Waals surface area contributed by atoms with Gasteiger partial charge >= 0.3 is 0 Å². The summed E-state index contributed by atoms with van der Waals surface area (Å²) < 4.78 is 5.33. The molecule has 0 aliphatic heterocycles. The van der Waals surface area contributed by atoms with Crippen molar-refractivity contribution < 1.29 is 4.42 Å². The Kier molecular flexibility index (Phi) is 4.55. The minimum Gasteiger partial charge on any atom is -0.462 e. The molecular formula is C15H20N4OS. The first-order valence-electron chi connectivity index (χ1n) is 7.36. The predicted octanol–water partition coefficient (Wildman–Crippen LogP) is 3.14. The summed E-state index contributed by atoms with van der Waals surface area (Å²) in [5.41, 5.74) is 6.87. The molecule has 0 atom stereocenters. The summed E-state index contributed by atoms with van der Waals surface area (Å²) in [7, 11) is 0. The summed E-state index contributed by atoms with van der Waals surface area (Å²) in [5.74, 6) is 1.32. The van der Waals surface area contributed by atoms with Gasteiger partial charge in [-0.25, -0.2) is 9.98 Å². The van der Waals surface area contributed by atoms with E-state index < -0.39 is 0 Å². The highest BCUT2D eigenvalue weighted by molar-refractivity contribution is 7.13. The van der Waals surface area contributed by atoms with Gasteiger partial charge in [0.05, 0.1) is 18.5 Å². The fraction of sp³-hybridized carbons (Fsp3) is 0.467. The number of furan rings is 1.